The zero-order valence-electron chi connectivity index (χ0n) is 15.8. The van der Waals surface area contributed by atoms with Gasteiger partial charge < -0.3 is 13.8 Å². The van der Waals surface area contributed by atoms with E-state index in [1.54, 1.807) is 6.33 Å². The van der Waals surface area contributed by atoms with Crippen molar-refractivity contribution < 1.29 is 22.4 Å². The van der Waals surface area contributed by atoms with E-state index in [4.69, 9.17) is 20.9 Å². The van der Waals surface area contributed by atoms with Gasteiger partial charge in [-0.2, -0.15) is 18.2 Å². The van der Waals surface area contributed by atoms with Crippen LogP contribution < -0.4 is 0 Å². The van der Waals surface area contributed by atoms with Gasteiger partial charge in [0.05, 0.1) is 30.7 Å². The third-order valence-electron chi connectivity index (χ3n) is 5.08. The Hall–Kier alpha value is -3.17. The number of hydrogen-bond acceptors (Lipinski definition) is 5. The lowest BCUT2D eigenvalue weighted by Gasteiger charge is -2.26. The molecule has 158 valence electrons. The molecule has 0 aliphatic carbocycles. The van der Waals surface area contributed by atoms with Crippen LogP contribution in [0.3, 0.4) is 0 Å². The van der Waals surface area contributed by atoms with E-state index in [0.29, 0.717) is 22.8 Å². The zero-order chi connectivity index (χ0) is 21.6. The molecule has 0 saturated carbocycles. The summed E-state index contributed by atoms with van der Waals surface area (Å²) in [5, 5.41) is 4.52. The third kappa shape index (κ3) is 3.70. The highest BCUT2D eigenvalue weighted by Crippen LogP contribution is 2.35. The molecule has 6 nitrogen and oxygen atoms in total. The molecule has 0 amide bonds. The number of alkyl halides is 3. The fourth-order valence-corrected chi connectivity index (χ4v) is 3.73. The van der Waals surface area contributed by atoms with Crippen LogP contribution in [0.15, 0.2) is 59.4 Å². The Kier molecular flexibility index (Phi) is 4.79. The molecule has 1 aliphatic rings. The average molecular weight is 447 g/mol. The van der Waals surface area contributed by atoms with E-state index < -0.39 is 11.7 Å². The number of aromatic nitrogens is 4. The summed E-state index contributed by atoms with van der Waals surface area (Å²) in [5.74, 6) is 0.347. The van der Waals surface area contributed by atoms with Crippen LogP contribution >= 0.6 is 11.6 Å². The van der Waals surface area contributed by atoms with Crippen LogP contribution in [0.4, 0.5) is 13.2 Å². The number of imidazole rings is 1. The SMILES string of the molecule is FC(F)(F)c1ccc(-c2noc(-c3ncn4c3CO[C@H](c3ccccc3Cl)C4)n2)cc1. The van der Waals surface area contributed by atoms with Crippen LogP contribution in [0, 0.1) is 0 Å². The molecule has 2 aromatic carbocycles. The summed E-state index contributed by atoms with van der Waals surface area (Å²) in [6.07, 6.45) is -2.95. The van der Waals surface area contributed by atoms with Gasteiger partial charge in [-0.3, -0.25) is 0 Å². The number of fused-ring (bicyclic) bond motifs is 1. The van der Waals surface area contributed by atoms with Crippen molar-refractivity contribution in [2.24, 2.45) is 0 Å². The van der Waals surface area contributed by atoms with Gasteiger partial charge in [-0.15, -0.1) is 0 Å². The van der Waals surface area contributed by atoms with Crippen molar-refractivity contribution in [3.8, 4) is 23.0 Å². The van der Waals surface area contributed by atoms with E-state index in [1.807, 2.05) is 28.8 Å². The largest absolute Gasteiger partial charge is 0.416 e. The maximum Gasteiger partial charge on any atom is 0.416 e. The summed E-state index contributed by atoms with van der Waals surface area (Å²) < 4.78 is 51.5. The average Bonchev–Trinajstić information content (AvgIpc) is 3.40. The highest BCUT2D eigenvalue weighted by Gasteiger charge is 2.30. The first-order chi connectivity index (χ1) is 14.9. The molecule has 0 unspecified atom stereocenters. The van der Waals surface area contributed by atoms with Crippen LogP contribution in [-0.4, -0.2) is 19.7 Å². The third-order valence-corrected chi connectivity index (χ3v) is 5.43. The van der Waals surface area contributed by atoms with Gasteiger partial charge in [-0.25, -0.2) is 4.98 Å². The molecular weight excluding hydrogens is 433 g/mol. The van der Waals surface area contributed by atoms with Gasteiger partial charge in [0.1, 0.15) is 6.10 Å². The second-order valence-corrected chi connectivity index (χ2v) is 7.42. The summed E-state index contributed by atoms with van der Waals surface area (Å²) in [6, 6.07) is 12.1. The molecule has 0 bridgehead atoms. The fraction of sp³-hybridized carbons (Fsp3) is 0.190. The second-order valence-electron chi connectivity index (χ2n) is 7.01. The highest BCUT2D eigenvalue weighted by molar-refractivity contribution is 6.31. The van der Waals surface area contributed by atoms with Gasteiger partial charge in [-0.05, 0) is 18.2 Å². The smallest absolute Gasteiger partial charge is 0.365 e. The van der Waals surface area contributed by atoms with E-state index >= 15 is 0 Å². The molecule has 0 fully saturated rings. The Bertz CT molecular complexity index is 1230. The van der Waals surface area contributed by atoms with E-state index in [0.717, 1.165) is 23.4 Å². The first-order valence-electron chi connectivity index (χ1n) is 9.32. The van der Waals surface area contributed by atoms with Gasteiger partial charge in [0, 0.05) is 16.1 Å². The molecule has 2 aromatic heterocycles. The number of benzene rings is 2. The lowest BCUT2D eigenvalue weighted by Crippen LogP contribution is -2.20. The Labute approximate surface area is 179 Å². The van der Waals surface area contributed by atoms with Gasteiger partial charge in [0.2, 0.25) is 5.82 Å². The Morgan fingerprint density at radius 1 is 1.06 bits per heavy atom. The molecule has 0 saturated heterocycles. The van der Waals surface area contributed by atoms with Crippen molar-refractivity contribution in [3.63, 3.8) is 0 Å². The number of rotatable bonds is 3. The minimum absolute atomic E-state index is 0.170. The predicted molar refractivity (Wildman–Crippen MR) is 105 cm³/mol. The minimum atomic E-state index is -4.40. The van der Waals surface area contributed by atoms with Crippen LogP contribution in [0.25, 0.3) is 23.0 Å². The quantitative estimate of drug-likeness (QED) is 0.413. The van der Waals surface area contributed by atoms with Crippen molar-refractivity contribution in [2.45, 2.75) is 25.4 Å². The lowest BCUT2D eigenvalue weighted by atomic mass is 10.1. The first kappa shape index (κ1) is 19.8. The van der Waals surface area contributed by atoms with Crippen LogP contribution in [0.1, 0.15) is 22.9 Å². The standard InChI is InChI=1S/C21H14ClF3N4O2/c22-15-4-2-1-3-14(15)17-9-29-11-26-18(16(29)10-30-17)20-27-19(28-31-20)12-5-7-13(8-6-12)21(23,24)25/h1-8,11,17H,9-10H2/t17-/m0/s1. The Morgan fingerprint density at radius 3 is 2.58 bits per heavy atom. The Morgan fingerprint density at radius 2 is 1.84 bits per heavy atom. The van der Waals surface area contributed by atoms with Gasteiger partial charge in [-0.1, -0.05) is 47.1 Å². The zero-order valence-corrected chi connectivity index (χ0v) is 16.6. The Balaban J connectivity index is 1.39. The molecule has 4 aromatic rings. The molecule has 0 radical (unpaired) electrons. The summed E-state index contributed by atoms with van der Waals surface area (Å²) in [6.45, 7) is 0.787. The maximum absolute atomic E-state index is 12.8. The molecular formula is C21H14ClF3N4O2. The normalized spacial score (nSPS) is 16.3. The number of ether oxygens (including phenoxy) is 1. The second kappa shape index (κ2) is 7.51. The van der Waals surface area contributed by atoms with Crippen molar-refractivity contribution in [2.75, 3.05) is 0 Å². The van der Waals surface area contributed by atoms with Gasteiger partial charge in [0.15, 0.2) is 5.69 Å². The molecule has 1 aliphatic heterocycles. The van der Waals surface area contributed by atoms with Gasteiger partial charge >= 0.3 is 6.18 Å². The van der Waals surface area contributed by atoms with E-state index in [-0.39, 0.29) is 24.4 Å². The molecule has 1 atom stereocenters. The van der Waals surface area contributed by atoms with E-state index in [9.17, 15) is 13.2 Å². The minimum Gasteiger partial charge on any atom is -0.365 e. The van der Waals surface area contributed by atoms with E-state index in [2.05, 4.69) is 15.1 Å². The number of hydrogen-bond donors (Lipinski definition) is 0. The molecule has 10 heteroatoms. The van der Waals surface area contributed by atoms with Crippen LogP contribution in [0.5, 0.6) is 0 Å². The van der Waals surface area contributed by atoms with Crippen molar-refractivity contribution >= 4 is 11.6 Å². The fourth-order valence-electron chi connectivity index (χ4n) is 3.48. The summed E-state index contributed by atoms with van der Waals surface area (Å²) in [7, 11) is 0. The number of nitrogens with zero attached hydrogens (tertiary/aromatic N) is 4. The summed E-state index contributed by atoms with van der Waals surface area (Å²) in [4.78, 5) is 8.68. The highest BCUT2D eigenvalue weighted by atomic mass is 35.5. The topological polar surface area (TPSA) is 66.0 Å². The monoisotopic (exact) mass is 446 g/mol. The van der Waals surface area contributed by atoms with Crippen LogP contribution in [0.2, 0.25) is 5.02 Å². The van der Waals surface area contributed by atoms with Crippen molar-refractivity contribution in [3.05, 3.63) is 76.7 Å². The van der Waals surface area contributed by atoms with Crippen LogP contribution in [-0.2, 0) is 24.1 Å². The molecule has 0 spiro atoms. The molecule has 3 heterocycles. The van der Waals surface area contributed by atoms with Crippen molar-refractivity contribution in [1.82, 2.24) is 19.7 Å². The van der Waals surface area contributed by atoms with E-state index in [1.165, 1.54) is 12.1 Å². The maximum atomic E-state index is 12.8. The summed E-state index contributed by atoms with van der Waals surface area (Å²) >= 11 is 6.28. The lowest BCUT2D eigenvalue weighted by molar-refractivity contribution is -0.137. The molecule has 0 N–H and O–H groups in total. The van der Waals surface area contributed by atoms with Crippen molar-refractivity contribution in [1.29, 1.82) is 0 Å². The molecule has 31 heavy (non-hydrogen) atoms. The van der Waals surface area contributed by atoms with Gasteiger partial charge in [0.25, 0.3) is 5.89 Å². The number of halogens is 4. The predicted octanol–water partition coefficient (Wildman–Crippen LogP) is 5.54. The first-order valence-corrected chi connectivity index (χ1v) is 9.69. The summed E-state index contributed by atoms with van der Waals surface area (Å²) in [5.41, 5.74) is 1.81. The molecule has 5 rings (SSSR count).